The number of para-hydroxylation sites is 1. The predicted octanol–water partition coefficient (Wildman–Crippen LogP) is 5.09. The van der Waals surface area contributed by atoms with Gasteiger partial charge in [0.2, 0.25) is 0 Å². The fourth-order valence-corrected chi connectivity index (χ4v) is 5.16. The number of hydrogen-bond acceptors (Lipinski definition) is 6. The SMILES string of the molecule is CC[C@H](C)OC(=O)Cc1oc2ccccc2c1C(=O)c1cc(I)c(OCCN)c(I)c1. The molecule has 0 radical (unpaired) electrons. The highest BCUT2D eigenvalue weighted by Gasteiger charge is 2.25. The molecule has 1 aromatic heterocycles. The van der Waals surface area contributed by atoms with Crippen LogP contribution in [-0.4, -0.2) is 31.0 Å². The normalized spacial score (nSPS) is 12.0. The van der Waals surface area contributed by atoms with E-state index < -0.39 is 5.97 Å². The van der Waals surface area contributed by atoms with Gasteiger partial charge < -0.3 is 19.6 Å². The molecule has 6 nitrogen and oxygen atoms in total. The largest absolute Gasteiger partial charge is 0.490 e. The van der Waals surface area contributed by atoms with Crippen LogP contribution in [0.1, 0.15) is 41.9 Å². The first-order chi connectivity index (χ1) is 14.8. The Labute approximate surface area is 208 Å². The number of fused-ring (bicyclic) bond motifs is 1. The summed E-state index contributed by atoms with van der Waals surface area (Å²) >= 11 is 4.29. The average molecular weight is 647 g/mol. The molecule has 0 aliphatic heterocycles. The molecule has 3 aromatic rings. The molecule has 0 saturated carbocycles. The Hall–Kier alpha value is -1.66. The second-order valence-corrected chi connectivity index (χ2v) is 9.34. The Morgan fingerprint density at radius 2 is 1.84 bits per heavy atom. The van der Waals surface area contributed by atoms with Crippen molar-refractivity contribution in [3.05, 3.63) is 60.4 Å². The van der Waals surface area contributed by atoms with Crippen molar-refractivity contribution in [1.82, 2.24) is 0 Å². The summed E-state index contributed by atoms with van der Waals surface area (Å²) in [4.78, 5) is 26.0. The molecule has 31 heavy (non-hydrogen) atoms. The van der Waals surface area contributed by atoms with Crippen LogP contribution in [0.15, 0.2) is 40.8 Å². The standard InChI is InChI=1S/C23H23I2NO5/c1-3-13(2)30-20(27)12-19-21(15-6-4-5-7-18(15)31-19)22(28)14-10-16(24)23(17(25)11-14)29-9-8-26/h4-7,10-11,13H,3,8-9,12,26H2,1-2H3/t13-/m0/s1. The number of ether oxygens (including phenoxy) is 2. The zero-order valence-electron chi connectivity index (χ0n) is 17.2. The summed E-state index contributed by atoms with van der Waals surface area (Å²) in [5.74, 6) is 0.389. The van der Waals surface area contributed by atoms with Crippen LogP contribution in [0.3, 0.4) is 0 Å². The zero-order valence-corrected chi connectivity index (χ0v) is 21.6. The number of nitrogens with two attached hydrogens (primary N) is 1. The lowest BCUT2D eigenvalue weighted by molar-refractivity contribution is -0.147. The molecule has 0 amide bonds. The van der Waals surface area contributed by atoms with Crippen LogP contribution in [0.5, 0.6) is 5.75 Å². The highest BCUT2D eigenvalue weighted by molar-refractivity contribution is 14.1. The maximum absolute atomic E-state index is 13.6. The first-order valence-electron chi connectivity index (χ1n) is 9.92. The molecule has 1 heterocycles. The Balaban J connectivity index is 2.01. The van der Waals surface area contributed by atoms with Crippen LogP contribution in [0.2, 0.25) is 0 Å². The van der Waals surface area contributed by atoms with Crippen molar-refractivity contribution in [2.45, 2.75) is 32.8 Å². The Morgan fingerprint density at radius 3 is 2.48 bits per heavy atom. The van der Waals surface area contributed by atoms with Gasteiger partial charge in [0, 0.05) is 17.5 Å². The summed E-state index contributed by atoms with van der Waals surface area (Å²) in [6, 6.07) is 10.8. The molecule has 2 aromatic carbocycles. The minimum absolute atomic E-state index is 0.105. The highest BCUT2D eigenvalue weighted by atomic mass is 127. The van der Waals surface area contributed by atoms with Crippen molar-refractivity contribution in [1.29, 1.82) is 0 Å². The van der Waals surface area contributed by atoms with Crippen molar-refractivity contribution in [2.75, 3.05) is 13.2 Å². The van der Waals surface area contributed by atoms with E-state index in [2.05, 4.69) is 45.2 Å². The van der Waals surface area contributed by atoms with Crippen LogP contribution < -0.4 is 10.5 Å². The van der Waals surface area contributed by atoms with Gasteiger partial charge in [0.25, 0.3) is 0 Å². The number of benzene rings is 2. The molecule has 0 saturated heterocycles. The van der Waals surface area contributed by atoms with Crippen LogP contribution in [0.4, 0.5) is 0 Å². The van der Waals surface area contributed by atoms with E-state index in [4.69, 9.17) is 19.6 Å². The molecule has 164 valence electrons. The summed E-state index contributed by atoms with van der Waals surface area (Å²) < 4.78 is 18.6. The molecule has 0 fully saturated rings. The summed E-state index contributed by atoms with van der Waals surface area (Å²) in [5.41, 5.74) is 6.98. The van der Waals surface area contributed by atoms with Gasteiger partial charge >= 0.3 is 5.97 Å². The summed E-state index contributed by atoms with van der Waals surface area (Å²) in [7, 11) is 0. The lowest BCUT2D eigenvalue weighted by Crippen LogP contribution is -2.17. The van der Waals surface area contributed by atoms with E-state index in [1.54, 1.807) is 18.2 Å². The predicted molar refractivity (Wildman–Crippen MR) is 136 cm³/mol. The number of esters is 1. The van der Waals surface area contributed by atoms with E-state index >= 15 is 0 Å². The molecule has 0 bridgehead atoms. The molecule has 0 spiro atoms. The number of halogens is 2. The molecular formula is C23H23I2NO5. The van der Waals surface area contributed by atoms with Gasteiger partial charge in [0.1, 0.15) is 30.1 Å². The Kier molecular flexibility index (Phi) is 8.34. The van der Waals surface area contributed by atoms with Crippen LogP contribution >= 0.6 is 45.2 Å². The third kappa shape index (κ3) is 5.58. The highest BCUT2D eigenvalue weighted by Crippen LogP contribution is 2.33. The second-order valence-electron chi connectivity index (χ2n) is 7.02. The number of hydrogen-bond donors (Lipinski definition) is 1. The first-order valence-corrected chi connectivity index (χ1v) is 12.1. The van der Waals surface area contributed by atoms with E-state index in [9.17, 15) is 9.59 Å². The summed E-state index contributed by atoms with van der Waals surface area (Å²) in [6.45, 7) is 4.58. The van der Waals surface area contributed by atoms with Gasteiger partial charge in [-0.2, -0.15) is 0 Å². The smallest absolute Gasteiger partial charge is 0.313 e. The maximum Gasteiger partial charge on any atom is 0.313 e. The molecule has 0 aliphatic carbocycles. The van der Waals surface area contributed by atoms with E-state index in [-0.39, 0.29) is 18.3 Å². The molecule has 8 heteroatoms. The molecule has 0 unspecified atom stereocenters. The number of ketones is 1. The van der Waals surface area contributed by atoms with E-state index in [0.29, 0.717) is 53.2 Å². The molecule has 1 atom stereocenters. The number of carbonyl (C=O) groups excluding carboxylic acids is 2. The van der Waals surface area contributed by atoms with Gasteiger partial charge in [-0.3, -0.25) is 9.59 Å². The lowest BCUT2D eigenvalue weighted by atomic mass is 9.99. The van der Waals surface area contributed by atoms with E-state index in [1.807, 2.05) is 32.0 Å². The Morgan fingerprint density at radius 1 is 1.16 bits per heavy atom. The zero-order chi connectivity index (χ0) is 22.5. The quantitative estimate of drug-likeness (QED) is 0.198. The molecule has 2 N–H and O–H groups in total. The van der Waals surface area contributed by atoms with Crippen molar-refractivity contribution in [2.24, 2.45) is 5.73 Å². The van der Waals surface area contributed by atoms with Crippen molar-refractivity contribution in [3.63, 3.8) is 0 Å². The number of carbonyl (C=O) groups is 2. The number of furan rings is 1. The topological polar surface area (TPSA) is 91.8 Å². The van der Waals surface area contributed by atoms with Crippen molar-refractivity contribution < 1.29 is 23.5 Å². The fraction of sp³-hybridized carbons (Fsp3) is 0.304. The minimum atomic E-state index is -0.419. The monoisotopic (exact) mass is 647 g/mol. The van der Waals surface area contributed by atoms with Gasteiger partial charge in [0.15, 0.2) is 5.78 Å². The Bertz CT molecular complexity index is 1090. The molecule has 0 aliphatic rings. The van der Waals surface area contributed by atoms with Crippen LogP contribution in [0, 0.1) is 7.14 Å². The van der Waals surface area contributed by atoms with Crippen LogP contribution in [-0.2, 0) is 16.0 Å². The summed E-state index contributed by atoms with van der Waals surface area (Å²) in [6.07, 6.45) is 0.416. The summed E-state index contributed by atoms with van der Waals surface area (Å²) in [5, 5.41) is 0.673. The second kappa shape index (κ2) is 10.8. The van der Waals surface area contributed by atoms with Gasteiger partial charge in [-0.15, -0.1) is 0 Å². The van der Waals surface area contributed by atoms with Crippen molar-refractivity contribution in [3.8, 4) is 5.75 Å². The molecule has 3 rings (SSSR count). The average Bonchev–Trinajstić information content (AvgIpc) is 3.09. The van der Waals surface area contributed by atoms with Gasteiger partial charge in [-0.05, 0) is 76.7 Å². The van der Waals surface area contributed by atoms with Gasteiger partial charge in [-0.25, -0.2) is 0 Å². The maximum atomic E-state index is 13.6. The van der Waals surface area contributed by atoms with Crippen LogP contribution in [0.25, 0.3) is 11.0 Å². The van der Waals surface area contributed by atoms with Crippen molar-refractivity contribution >= 4 is 67.9 Å². The third-order valence-corrected chi connectivity index (χ3v) is 6.34. The number of rotatable bonds is 9. The fourth-order valence-electron chi connectivity index (χ4n) is 3.08. The van der Waals surface area contributed by atoms with E-state index in [0.717, 1.165) is 7.14 Å². The first kappa shape index (κ1) is 24.0. The third-order valence-electron chi connectivity index (χ3n) is 4.73. The lowest BCUT2D eigenvalue weighted by Gasteiger charge is -2.12. The van der Waals surface area contributed by atoms with E-state index in [1.165, 1.54) is 0 Å². The van der Waals surface area contributed by atoms with Gasteiger partial charge in [0.05, 0.1) is 18.8 Å². The minimum Gasteiger partial charge on any atom is -0.490 e. The molecular weight excluding hydrogens is 624 g/mol. The van der Waals surface area contributed by atoms with Gasteiger partial charge in [-0.1, -0.05) is 25.1 Å².